The molecule has 3 heterocycles. The number of hydrogen-bond donors (Lipinski definition) is 2. The molecule has 2 bridgehead atoms. The average molecular weight is 685 g/mol. The van der Waals surface area contributed by atoms with Crippen molar-refractivity contribution in [3.8, 4) is 5.75 Å². The van der Waals surface area contributed by atoms with E-state index in [0.29, 0.717) is 32.1 Å². The number of aliphatic hydroxyl groups excluding tert-OH is 1. The normalized spacial score (nSPS) is 34.3. The van der Waals surface area contributed by atoms with Crippen LogP contribution in [0.4, 0.5) is 5.69 Å². The summed E-state index contributed by atoms with van der Waals surface area (Å²) in [6, 6.07) is 11.3. The van der Waals surface area contributed by atoms with Crippen LogP contribution in [0.3, 0.4) is 0 Å². The van der Waals surface area contributed by atoms with Crippen molar-refractivity contribution in [3.63, 3.8) is 0 Å². The molecule has 47 heavy (non-hydrogen) atoms. The molecule has 5 aliphatic rings. The molecule has 9 nitrogen and oxygen atoms in total. The zero-order valence-corrected chi connectivity index (χ0v) is 28.5. The molecule has 0 aromatic heterocycles. The zero-order chi connectivity index (χ0) is 32.8. The lowest BCUT2D eigenvalue weighted by Crippen LogP contribution is -2.49. The number of nitrogens with one attached hydrogen (secondary N) is 1. The number of aliphatic hydroxyl groups is 1. The summed E-state index contributed by atoms with van der Waals surface area (Å²) in [7, 11) is -2.69. The number of amides is 1. The number of carbonyl (C=O) groups excluding carboxylic acids is 1. The van der Waals surface area contributed by atoms with Gasteiger partial charge in [-0.1, -0.05) is 29.8 Å². The summed E-state index contributed by atoms with van der Waals surface area (Å²) >= 11 is 6.41. The van der Waals surface area contributed by atoms with E-state index in [4.69, 9.17) is 25.8 Å². The van der Waals surface area contributed by atoms with Crippen molar-refractivity contribution in [2.24, 2.45) is 11.8 Å². The third-order valence-corrected chi connectivity index (χ3v) is 13.2. The van der Waals surface area contributed by atoms with E-state index in [1.807, 2.05) is 12.1 Å². The van der Waals surface area contributed by atoms with Crippen molar-refractivity contribution in [3.05, 3.63) is 70.3 Å². The Balaban J connectivity index is 1.27. The third-order valence-electron chi connectivity index (χ3n) is 11.2. The number of anilines is 1. The van der Waals surface area contributed by atoms with E-state index >= 15 is 0 Å². The van der Waals surface area contributed by atoms with Gasteiger partial charge in [-0.15, -0.1) is 0 Å². The molecular weight excluding hydrogens is 640 g/mol. The minimum absolute atomic E-state index is 0.0686. The molecule has 0 radical (unpaired) electrons. The molecule has 1 saturated heterocycles. The standard InChI is InChI=1S/C36H45ClN2O7S/c1-44-33-8-2-7-31(40)28-12-9-25(28)20-39-21-36(15-3-5-23-17-26(37)11-13-29(23)36)22-46-32-14-10-24(18-30(32)39)35(41)38-47(42,43)34(33)19-27-6-4-16-45-27/h2,7,10-11,13-14,17-18,25,27-28,31,33-34,40H,3-6,8-9,12,15-16,19-22H2,1H3,(H,38,41)/b7-2-/t25-,27-,28+,31-,33+,34+,36-/m0/s1. The SMILES string of the molecule is CO[C@@H]1C/C=C\[C@H](O)[C@@H]2CC[C@H]2CN2C[C@@]3(CCCc4cc(Cl)ccc43)COc3ccc(cc32)C(=O)NS(=O)(=O)[C@@H]1C[C@@H]1CCCO1. The molecule has 2 fully saturated rings. The molecule has 2 aliphatic carbocycles. The van der Waals surface area contributed by atoms with Crippen LogP contribution >= 0.6 is 11.6 Å². The quantitative estimate of drug-likeness (QED) is 0.426. The van der Waals surface area contributed by atoms with Crippen molar-refractivity contribution in [2.45, 2.75) is 86.8 Å². The smallest absolute Gasteiger partial charge is 0.264 e. The monoisotopic (exact) mass is 684 g/mol. The summed E-state index contributed by atoms with van der Waals surface area (Å²) in [6.07, 6.45) is 8.95. The zero-order valence-electron chi connectivity index (χ0n) is 26.9. The van der Waals surface area contributed by atoms with Gasteiger partial charge in [0.05, 0.1) is 30.6 Å². The van der Waals surface area contributed by atoms with Gasteiger partial charge in [-0.2, -0.15) is 0 Å². The Morgan fingerprint density at radius 2 is 2.02 bits per heavy atom. The van der Waals surface area contributed by atoms with Crippen LogP contribution in [0.1, 0.15) is 72.9 Å². The summed E-state index contributed by atoms with van der Waals surface area (Å²) in [5.74, 6) is 0.285. The van der Waals surface area contributed by atoms with E-state index in [9.17, 15) is 18.3 Å². The maximum atomic E-state index is 13.9. The first kappa shape index (κ1) is 32.9. The Labute approximate surface area is 282 Å². The van der Waals surface area contributed by atoms with Crippen LogP contribution in [0.2, 0.25) is 5.02 Å². The van der Waals surface area contributed by atoms with Crippen molar-refractivity contribution < 1.29 is 32.5 Å². The number of halogens is 1. The first-order valence-corrected chi connectivity index (χ1v) is 18.9. The van der Waals surface area contributed by atoms with Crippen LogP contribution in [-0.2, 0) is 31.3 Å². The number of benzene rings is 2. The molecule has 1 amide bonds. The average Bonchev–Trinajstić information content (AvgIpc) is 3.50. The lowest BCUT2D eigenvalue weighted by Gasteiger charge is -2.45. The topological polar surface area (TPSA) is 114 Å². The van der Waals surface area contributed by atoms with Gasteiger partial charge in [0.2, 0.25) is 10.0 Å². The number of aryl methyl sites for hydroxylation is 1. The van der Waals surface area contributed by atoms with Crippen molar-refractivity contribution >= 4 is 33.2 Å². The number of rotatable bonds is 3. The maximum Gasteiger partial charge on any atom is 0.264 e. The van der Waals surface area contributed by atoms with Gasteiger partial charge in [0, 0.05) is 42.8 Å². The highest BCUT2D eigenvalue weighted by Crippen LogP contribution is 2.47. The van der Waals surface area contributed by atoms with E-state index in [1.54, 1.807) is 24.3 Å². The van der Waals surface area contributed by atoms with E-state index in [-0.39, 0.29) is 41.8 Å². The Kier molecular flexibility index (Phi) is 9.34. The molecule has 1 spiro atoms. The van der Waals surface area contributed by atoms with Gasteiger partial charge in [0.25, 0.3) is 5.91 Å². The molecule has 1 saturated carbocycles. The minimum Gasteiger partial charge on any atom is -0.490 e. The summed E-state index contributed by atoms with van der Waals surface area (Å²) < 4.78 is 48.4. The molecule has 0 unspecified atom stereocenters. The highest BCUT2D eigenvalue weighted by Gasteiger charge is 2.45. The predicted molar refractivity (Wildman–Crippen MR) is 181 cm³/mol. The molecule has 11 heteroatoms. The first-order chi connectivity index (χ1) is 22.7. The highest BCUT2D eigenvalue weighted by atomic mass is 35.5. The van der Waals surface area contributed by atoms with Gasteiger partial charge in [0.15, 0.2) is 0 Å². The lowest BCUT2D eigenvalue weighted by molar-refractivity contribution is 0.0447. The number of carbonyl (C=O) groups is 1. The van der Waals surface area contributed by atoms with E-state index in [2.05, 4.69) is 21.8 Å². The molecule has 2 N–H and O–H groups in total. The molecule has 2 aromatic rings. The number of methoxy groups -OCH3 is 1. The fourth-order valence-corrected chi connectivity index (χ4v) is 10.3. The number of fused-ring (bicyclic) bond motifs is 4. The second-order valence-electron chi connectivity index (χ2n) is 14.1. The third kappa shape index (κ3) is 6.56. The van der Waals surface area contributed by atoms with E-state index in [1.165, 1.54) is 18.2 Å². The fraction of sp³-hybridized carbons (Fsp3) is 0.583. The summed E-state index contributed by atoms with van der Waals surface area (Å²) in [6.45, 7) is 2.43. The number of hydrogen-bond acceptors (Lipinski definition) is 8. The predicted octanol–water partition coefficient (Wildman–Crippen LogP) is 5.17. The largest absolute Gasteiger partial charge is 0.490 e. The second kappa shape index (κ2) is 13.3. The van der Waals surface area contributed by atoms with Gasteiger partial charge in [-0.05, 0) is 111 Å². The van der Waals surface area contributed by atoms with Crippen LogP contribution in [-0.4, -0.2) is 76.4 Å². The Morgan fingerprint density at radius 3 is 2.79 bits per heavy atom. The van der Waals surface area contributed by atoms with Gasteiger partial charge in [0.1, 0.15) is 11.0 Å². The Bertz CT molecular complexity index is 1630. The van der Waals surface area contributed by atoms with Crippen LogP contribution < -0.4 is 14.4 Å². The van der Waals surface area contributed by atoms with Crippen molar-refractivity contribution in [1.29, 1.82) is 0 Å². The first-order valence-electron chi connectivity index (χ1n) is 17.0. The summed E-state index contributed by atoms with van der Waals surface area (Å²) in [5.41, 5.74) is 3.21. The fourth-order valence-electron chi connectivity index (χ4n) is 8.54. The molecule has 254 valence electrons. The molecule has 7 rings (SSSR count). The van der Waals surface area contributed by atoms with E-state index in [0.717, 1.165) is 55.7 Å². The Hall–Kier alpha value is -2.63. The van der Waals surface area contributed by atoms with Crippen LogP contribution in [0.5, 0.6) is 5.75 Å². The highest BCUT2D eigenvalue weighted by molar-refractivity contribution is 7.90. The number of ether oxygens (including phenoxy) is 3. The van der Waals surface area contributed by atoms with Gasteiger partial charge >= 0.3 is 0 Å². The maximum absolute atomic E-state index is 13.9. The summed E-state index contributed by atoms with van der Waals surface area (Å²) in [5, 5.41) is 11.0. The number of sulfonamides is 1. The lowest BCUT2D eigenvalue weighted by atomic mass is 9.68. The van der Waals surface area contributed by atoms with Crippen LogP contribution in [0.25, 0.3) is 0 Å². The van der Waals surface area contributed by atoms with Crippen molar-refractivity contribution in [2.75, 3.05) is 38.3 Å². The van der Waals surface area contributed by atoms with E-state index < -0.39 is 33.4 Å². The van der Waals surface area contributed by atoms with Crippen molar-refractivity contribution in [1.82, 2.24) is 4.72 Å². The van der Waals surface area contributed by atoms with Gasteiger partial charge in [-0.25, -0.2) is 13.1 Å². The van der Waals surface area contributed by atoms with Crippen LogP contribution in [0, 0.1) is 11.8 Å². The van der Waals surface area contributed by atoms with Crippen LogP contribution in [0.15, 0.2) is 48.6 Å². The Morgan fingerprint density at radius 1 is 1.15 bits per heavy atom. The second-order valence-corrected chi connectivity index (χ2v) is 16.4. The minimum atomic E-state index is -4.18. The van der Waals surface area contributed by atoms with Gasteiger partial charge in [-0.3, -0.25) is 4.79 Å². The molecule has 3 aliphatic heterocycles. The molecule has 7 atom stereocenters. The van der Waals surface area contributed by atoms with Gasteiger partial charge < -0.3 is 24.2 Å². The summed E-state index contributed by atoms with van der Waals surface area (Å²) in [4.78, 5) is 16.1. The molecule has 2 aromatic carbocycles. The molecular formula is C36H45ClN2O7S. The number of nitrogens with zero attached hydrogens (tertiary/aromatic N) is 1.